The van der Waals surface area contributed by atoms with E-state index in [1.807, 2.05) is 0 Å². The van der Waals surface area contributed by atoms with Crippen molar-refractivity contribution in [3.8, 4) is 0 Å². The molecule has 1 unspecified atom stereocenters. The van der Waals surface area contributed by atoms with Gasteiger partial charge in [-0.05, 0) is 6.42 Å². The summed E-state index contributed by atoms with van der Waals surface area (Å²) >= 11 is 0. The summed E-state index contributed by atoms with van der Waals surface area (Å²) in [5.41, 5.74) is 10.5. The molecule has 0 aromatic carbocycles. The Bertz CT molecular complexity index is 243. The van der Waals surface area contributed by atoms with Crippen LogP contribution in [0.5, 0.6) is 0 Å². The second kappa shape index (κ2) is 4.28. The first-order chi connectivity index (χ1) is 6.52. The minimum Gasteiger partial charge on any atom is -0.368 e. The number of hydrogen-bond acceptors (Lipinski definition) is 3. The van der Waals surface area contributed by atoms with Gasteiger partial charge in [0.05, 0.1) is 0 Å². The summed E-state index contributed by atoms with van der Waals surface area (Å²) in [4.78, 5) is 25.4. The first-order valence-corrected chi connectivity index (χ1v) is 4.57. The van der Waals surface area contributed by atoms with Crippen LogP contribution in [0.15, 0.2) is 0 Å². The second-order valence-corrected chi connectivity index (χ2v) is 3.51. The summed E-state index contributed by atoms with van der Waals surface area (Å²) < 4.78 is 0. The lowest BCUT2D eigenvalue weighted by Crippen LogP contribution is -2.53. The van der Waals surface area contributed by atoms with Crippen LogP contribution in [0.4, 0.5) is 4.79 Å². The molecule has 3 amide bonds. The summed E-state index contributed by atoms with van der Waals surface area (Å²) in [7, 11) is 1.73. The number of nitrogens with zero attached hydrogens (tertiary/aromatic N) is 2. The zero-order valence-corrected chi connectivity index (χ0v) is 8.27. The first kappa shape index (κ1) is 10.8. The number of nitrogens with two attached hydrogens (primary N) is 2. The van der Waals surface area contributed by atoms with Gasteiger partial charge >= 0.3 is 6.03 Å². The van der Waals surface area contributed by atoms with Crippen LogP contribution < -0.4 is 11.5 Å². The molecule has 1 saturated heterocycles. The molecule has 0 saturated carbocycles. The number of carbonyl (C=O) groups excluding carboxylic acids is 2. The molecule has 0 radical (unpaired) electrons. The van der Waals surface area contributed by atoms with Gasteiger partial charge in [-0.3, -0.25) is 4.79 Å². The summed E-state index contributed by atoms with van der Waals surface area (Å²) in [5, 5.41) is 0. The third-order valence-corrected chi connectivity index (χ3v) is 2.30. The van der Waals surface area contributed by atoms with E-state index in [1.165, 1.54) is 0 Å². The molecule has 0 bridgehead atoms. The van der Waals surface area contributed by atoms with Gasteiger partial charge in [-0.1, -0.05) is 0 Å². The smallest absolute Gasteiger partial charge is 0.319 e. The highest BCUT2D eigenvalue weighted by molar-refractivity contribution is 5.81. The molecular formula is C8H16N4O2. The number of hydrogen-bond donors (Lipinski definition) is 2. The normalized spacial score (nSPS) is 19.7. The van der Waals surface area contributed by atoms with E-state index in [4.69, 9.17) is 11.5 Å². The Morgan fingerprint density at radius 1 is 1.57 bits per heavy atom. The van der Waals surface area contributed by atoms with Crippen molar-refractivity contribution in [2.45, 2.75) is 12.5 Å². The van der Waals surface area contributed by atoms with Crippen LogP contribution in [0.25, 0.3) is 0 Å². The zero-order chi connectivity index (χ0) is 10.7. The van der Waals surface area contributed by atoms with E-state index >= 15 is 0 Å². The molecular weight excluding hydrogens is 184 g/mol. The third-order valence-electron chi connectivity index (χ3n) is 2.30. The topological polar surface area (TPSA) is 92.7 Å². The van der Waals surface area contributed by atoms with E-state index in [0.717, 1.165) is 13.0 Å². The summed E-state index contributed by atoms with van der Waals surface area (Å²) in [6, 6.07) is -0.863. The monoisotopic (exact) mass is 200 g/mol. The van der Waals surface area contributed by atoms with Gasteiger partial charge in [0.1, 0.15) is 6.04 Å². The van der Waals surface area contributed by atoms with E-state index in [2.05, 4.69) is 0 Å². The van der Waals surface area contributed by atoms with E-state index in [0.29, 0.717) is 6.54 Å². The Morgan fingerprint density at radius 2 is 2.21 bits per heavy atom. The van der Waals surface area contributed by atoms with Crippen molar-refractivity contribution in [1.82, 2.24) is 9.80 Å². The molecule has 6 heteroatoms. The summed E-state index contributed by atoms with van der Waals surface area (Å²) in [5.74, 6) is -0.578. The predicted octanol–water partition coefficient (Wildman–Crippen LogP) is -1.44. The number of amides is 3. The molecule has 0 aromatic heterocycles. The number of primary amides is 1. The molecule has 1 atom stereocenters. The van der Waals surface area contributed by atoms with Crippen LogP contribution in [0, 0.1) is 0 Å². The average molecular weight is 200 g/mol. The Kier molecular flexibility index (Phi) is 3.29. The van der Waals surface area contributed by atoms with Gasteiger partial charge in [0, 0.05) is 26.7 Å². The fraction of sp³-hybridized carbons (Fsp3) is 0.750. The zero-order valence-electron chi connectivity index (χ0n) is 8.27. The lowest BCUT2D eigenvalue weighted by atomic mass is 10.2. The quantitative estimate of drug-likeness (QED) is 0.584. The van der Waals surface area contributed by atoms with Gasteiger partial charge in [-0.25, -0.2) is 4.79 Å². The summed E-state index contributed by atoms with van der Waals surface area (Å²) in [6.07, 6.45) is 0.897. The average Bonchev–Trinajstić information content (AvgIpc) is 2.12. The van der Waals surface area contributed by atoms with Gasteiger partial charge in [0.25, 0.3) is 0 Å². The fourth-order valence-electron chi connectivity index (χ4n) is 1.43. The number of urea groups is 1. The molecule has 0 aliphatic carbocycles. The Labute approximate surface area is 82.8 Å². The lowest BCUT2D eigenvalue weighted by Gasteiger charge is -2.34. The maximum Gasteiger partial charge on any atom is 0.319 e. The largest absolute Gasteiger partial charge is 0.368 e. The number of rotatable bonds is 3. The molecule has 1 fully saturated rings. The van der Waals surface area contributed by atoms with Crippen molar-refractivity contribution in [3.63, 3.8) is 0 Å². The van der Waals surface area contributed by atoms with Crippen molar-refractivity contribution in [2.75, 3.05) is 26.7 Å². The Balaban J connectivity index is 2.51. The van der Waals surface area contributed by atoms with Crippen LogP contribution in [-0.4, -0.2) is 54.5 Å². The molecule has 1 rings (SSSR count). The van der Waals surface area contributed by atoms with Crippen molar-refractivity contribution in [3.05, 3.63) is 0 Å². The van der Waals surface area contributed by atoms with Crippen LogP contribution in [-0.2, 0) is 4.79 Å². The number of carbonyl (C=O) groups is 2. The lowest BCUT2D eigenvalue weighted by molar-refractivity contribution is -0.119. The summed E-state index contributed by atoms with van der Waals surface area (Å²) in [6.45, 7) is 1.60. The minimum absolute atomic E-state index is 0.0899. The van der Waals surface area contributed by atoms with E-state index in [-0.39, 0.29) is 12.6 Å². The van der Waals surface area contributed by atoms with E-state index < -0.39 is 11.9 Å². The van der Waals surface area contributed by atoms with Gasteiger partial charge in [0.15, 0.2) is 0 Å². The minimum atomic E-state index is -0.773. The van der Waals surface area contributed by atoms with Crippen molar-refractivity contribution >= 4 is 11.9 Å². The van der Waals surface area contributed by atoms with Crippen molar-refractivity contribution in [1.29, 1.82) is 0 Å². The molecule has 14 heavy (non-hydrogen) atoms. The van der Waals surface area contributed by atoms with E-state index in [9.17, 15) is 9.59 Å². The van der Waals surface area contributed by atoms with Crippen molar-refractivity contribution in [2.24, 2.45) is 11.5 Å². The molecule has 1 aliphatic rings. The van der Waals surface area contributed by atoms with Gasteiger partial charge in [-0.15, -0.1) is 0 Å². The van der Waals surface area contributed by atoms with E-state index in [1.54, 1.807) is 16.8 Å². The standard InChI is InChI=1S/C8H16N4O2/c1-11-3-2-4-12(8(11)14)5-6(9)7(10)13/h6H,2-5,9H2,1H3,(H2,10,13). The molecule has 0 aromatic rings. The molecule has 80 valence electrons. The van der Waals surface area contributed by atoms with Crippen molar-refractivity contribution < 1.29 is 9.59 Å². The highest BCUT2D eigenvalue weighted by atomic mass is 16.2. The van der Waals surface area contributed by atoms with Gasteiger partial charge in [-0.2, -0.15) is 0 Å². The third kappa shape index (κ3) is 2.35. The SMILES string of the molecule is CN1CCCN(CC(N)C(N)=O)C1=O. The highest BCUT2D eigenvalue weighted by Gasteiger charge is 2.25. The van der Waals surface area contributed by atoms with Gasteiger partial charge in [0.2, 0.25) is 5.91 Å². The van der Waals surface area contributed by atoms with Crippen LogP contribution in [0.2, 0.25) is 0 Å². The Morgan fingerprint density at radius 3 is 2.79 bits per heavy atom. The molecule has 1 aliphatic heterocycles. The maximum atomic E-state index is 11.5. The van der Waals surface area contributed by atoms with Crippen LogP contribution in [0.3, 0.4) is 0 Å². The predicted molar refractivity (Wildman–Crippen MR) is 51.4 cm³/mol. The molecule has 0 spiro atoms. The van der Waals surface area contributed by atoms with Gasteiger partial charge < -0.3 is 21.3 Å². The molecule has 4 N–H and O–H groups in total. The Hall–Kier alpha value is -1.30. The first-order valence-electron chi connectivity index (χ1n) is 4.57. The van der Waals surface area contributed by atoms with Crippen LogP contribution >= 0.6 is 0 Å². The molecule has 6 nitrogen and oxygen atoms in total. The highest BCUT2D eigenvalue weighted by Crippen LogP contribution is 2.06. The second-order valence-electron chi connectivity index (χ2n) is 3.51. The molecule has 1 heterocycles. The van der Waals surface area contributed by atoms with Crippen LogP contribution in [0.1, 0.15) is 6.42 Å². The maximum absolute atomic E-state index is 11.5. The fourth-order valence-corrected chi connectivity index (χ4v) is 1.43.